The van der Waals surface area contributed by atoms with Crippen LogP contribution >= 0.6 is 0 Å². The van der Waals surface area contributed by atoms with Gasteiger partial charge in [-0.2, -0.15) is 0 Å². The van der Waals surface area contributed by atoms with Crippen LogP contribution in [0.4, 0.5) is 4.79 Å². The van der Waals surface area contributed by atoms with Gasteiger partial charge in [-0.3, -0.25) is 9.59 Å². The van der Waals surface area contributed by atoms with Crippen LogP contribution in [0.1, 0.15) is 35.5 Å². The highest BCUT2D eigenvalue weighted by Crippen LogP contribution is 2.63. The quantitative estimate of drug-likeness (QED) is 0.311. The van der Waals surface area contributed by atoms with E-state index in [1.807, 2.05) is 0 Å². The summed E-state index contributed by atoms with van der Waals surface area (Å²) in [5.74, 6) is -4.03. The fourth-order valence-corrected chi connectivity index (χ4v) is 3.94. The van der Waals surface area contributed by atoms with Gasteiger partial charge in [0.15, 0.2) is 0 Å². The van der Waals surface area contributed by atoms with Crippen molar-refractivity contribution in [1.82, 2.24) is 10.6 Å². The molecule has 2 aliphatic carbocycles. The molecule has 0 aromatic heterocycles. The lowest BCUT2D eigenvalue weighted by Gasteiger charge is -2.31. The van der Waals surface area contributed by atoms with Crippen LogP contribution in [-0.2, 0) is 28.6 Å². The minimum atomic E-state index is -1.59. The average molecular weight is 414 g/mol. The van der Waals surface area contributed by atoms with Crippen LogP contribution in [0.5, 0.6) is 0 Å². The van der Waals surface area contributed by atoms with Crippen molar-refractivity contribution >= 4 is 23.9 Å². The van der Waals surface area contributed by atoms with Crippen LogP contribution in [0.2, 0.25) is 0 Å². The van der Waals surface area contributed by atoms with E-state index in [0.29, 0.717) is 0 Å². The lowest BCUT2D eigenvalue weighted by atomic mass is 9.89. The summed E-state index contributed by atoms with van der Waals surface area (Å²) in [5.41, 5.74) is -2.32. The highest BCUT2D eigenvalue weighted by Gasteiger charge is 2.76. The molecule has 0 saturated heterocycles. The summed E-state index contributed by atoms with van der Waals surface area (Å²) in [7, 11) is 0. The zero-order valence-electron chi connectivity index (χ0n) is 17.0. The molecule has 2 amide bonds. The Morgan fingerprint density at radius 1 is 1.31 bits per heavy atom. The fourth-order valence-electron chi connectivity index (χ4n) is 3.94. The van der Waals surface area contributed by atoms with Crippen molar-refractivity contribution in [2.24, 2.45) is 17.8 Å². The molecule has 2 aliphatic rings. The number of rotatable bonds is 7. The standard InChI is InChI=1S/C19H28N2O8.H2/c1-6-27-15(24)13-12-10(22)8-19(14(12)13,16(25)28-7-2)21-11(23)9-20-17(26)29-18(3,4)5;/h6,10,12-14,22H,1,7-9H2,2-5H3,(H,20,26)(H,21,23);1H/t10-,12-,13-,14-,19+;/m0./s1. The van der Waals surface area contributed by atoms with Gasteiger partial charge >= 0.3 is 18.0 Å². The van der Waals surface area contributed by atoms with Crippen LogP contribution in [-0.4, -0.2) is 59.4 Å². The number of hydrogen-bond donors (Lipinski definition) is 3. The summed E-state index contributed by atoms with van der Waals surface area (Å²) in [6, 6.07) is 0. The average Bonchev–Trinajstić information content (AvgIpc) is 3.28. The Balaban J connectivity index is 0.00000450. The maximum atomic E-state index is 12.7. The molecule has 0 bridgehead atoms. The number of alkyl carbamates (subject to hydrolysis) is 1. The summed E-state index contributed by atoms with van der Waals surface area (Å²) in [6.45, 7) is 9.57. The normalized spacial score (nSPS) is 29.8. The van der Waals surface area contributed by atoms with E-state index in [4.69, 9.17) is 14.2 Å². The fraction of sp³-hybridized carbons (Fsp3) is 0.684. The van der Waals surface area contributed by atoms with E-state index in [-0.39, 0.29) is 14.5 Å². The first-order valence-corrected chi connectivity index (χ1v) is 9.41. The monoisotopic (exact) mass is 414 g/mol. The summed E-state index contributed by atoms with van der Waals surface area (Å²) in [4.78, 5) is 49.0. The van der Waals surface area contributed by atoms with E-state index in [1.54, 1.807) is 27.7 Å². The first-order valence-electron chi connectivity index (χ1n) is 9.41. The Hall–Kier alpha value is -2.62. The number of hydrogen-bond acceptors (Lipinski definition) is 8. The van der Waals surface area contributed by atoms with Crippen molar-refractivity contribution in [3.05, 3.63) is 12.8 Å². The van der Waals surface area contributed by atoms with Crippen molar-refractivity contribution in [2.45, 2.75) is 51.4 Å². The van der Waals surface area contributed by atoms with E-state index in [2.05, 4.69) is 17.2 Å². The minimum absolute atomic E-state index is 0. The summed E-state index contributed by atoms with van der Waals surface area (Å²) < 4.78 is 15.0. The molecule has 2 rings (SSSR count). The molecular weight excluding hydrogens is 384 g/mol. The van der Waals surface area contributed by atoms with Crippen LogP contribution in [0.25, 0.3) is 0 Å². The topological polar surface area (TPSA) is 140 Å². The third kappa shape index (κ3) is 4.87. The second-order valence-corrected chi connectivity index (χ2v) is 8.10. The molecule has 0 heterocycles. The second kappa shape index (κ2) is 8.40. The third-order valence-electron chi connectivity index (χ3n) is 4.89. The molecule has 2 saturated carbocycles. The Morgan fingerprint density at radius 2 is 1.97 bits per heavy atom. The van der Waals surface area contributed by atoms with Gasteiger partial charge < -0.3 is 30.0 Å². The number of carbonyl (C=O) groups is 4. The van der Waals surface area contributed by atoms with Crippen LogP contribution in [0.15, 0.2) is 12.8 Å². The van der Waals surface area contributed by atoms with E-state index >= 15 is 0 Å². The van der Waals surface area contributed by atoms with Gasteiger partial charge in [0.25, 0.3) is 0 Å². The Kier molecular flexibility index (Phi) is 6.56. The molecular formula is C19H30N2O8. The van der Waals surface area contributed by atoms with Crippen LogP contribution in [0, 0.1) is 17.8 Å². The largest absolute Gasteiger partial charge is 0.464 e. The van der Waals surface area contributed by atoms with Gasteiger partial charge in [0.1, 0.15) is 17.7 Å². The zero-order valence-corrected chi connectivity index (χ0v) is 17.0. The Bertz CT molecular complexity index is 707. The SMILES string of the molecule is C=COC(=O)[C@H]1[C@H]2[C@@H]1[C@@](NC(=O)CNC(=O)OC(C)(C)C)(C(=O)OCC)C[C@@H]2O.[HH]. The Morgan fingerprint density at radius 3 is 2.52 bits per heavy atom. The number of carbonyl (C=O) groups excluding carboxylic acids is 4. The van der Waals surface area contributed by atoms with Gasteiger partial charge in [0.05, 0.1) is 24.9 Å². The highest BCUT2D eigenvalue weighted by molar-refractivity contribution is 5.93. The van der Waals surface area contributed by atoms with Crippen molar-refractivity contribution in [2.75, 3.05) is 13.2 Å². The van der Waals surface area contributed by atoms with Gasteiger partial charge in [-0.05, 0) is 27.7 Å². The molecule has 0 unspecified atom stereocenters. The number of nitrogens with one attached hydrogen (secondary N) is 2. The number of esters is 2. The van der Waals surface area contributed by atoms with Gasteiger partial charge in [0, 0.05) is 19.7 Å². The molecule has 0 aromatic carbocycles. The highest BCUT2D eigenvalue weighted by atomic mass is 16.6. The van der Waals surface area contributed by atoms with E-state index < -0.39 is 65.5 Å². The minimum Gasteiger partial charge on any atom is -0.464 e. The van der Waals surface area contributed by atoms with Crippen molar-refractivity contribution < 1.29 is 39.9 Å². The van der Waals surface area contributed by atoms with Crippen LogP contribution in [0.3, 0.4) is 0 Å². The molecule has 5 atom stereocenters. The first-order chi connectivity index (χ1) is 13.5. The molecule has 164 valence electrons. The van der Waals surface area contributed by atoms with Crippen molar-refractivity contribution in [3.8, 4) is 0 Å². The van der Waals surface area contributed by atoms with Gasteiger partial charge in [0.2, 0.25) is 5.91 Å². The number of aliphatic hydroxyl groups excluding tert-OH is 1. The number of fused-ring (bicyclic) bond motifs is 1. The van der Waals surface area contributed by atoms with Crippen molar-refractivity contribution in [1.29, 1.82) is 0 Å². The summed E-state index contributed by atoms with van der Waals surface area (Å²) >= 11 is 0. The van der Waals surface area contributed by atoms with Gasteiger partial charge in [-0.25, -0.2) is 9.59 Å². The van der Waals surface area contributed by atoms with E-state index in [1.165, 1.54) is 0 Å². The molecule has 29 heavy (non-hydrogen) atoms. The third-order valence-corrected chi connectivity index (χ3v) is 4.89. The molecule has 2 fully saturated rings. The lowest BCUT2D eigenvalue weighted by Crippen LogP contribution is -2.59. The zero-order chi connectivity index (χ0) is 22.0. The molecule has 0 radical (unpaired) electrons. The molecule has 3 N–H and O–H groups in total. The molecule has 10 heteroatoms. The number of aliphatic hydroxyl groups is 1. The lowest BCUT2D eigenvalue weighted by molar-refractivity contribution is -0.156. The predicted octanol–water partition coefficient (Wildman–Crippen LogP) is 0.489. The van der Waals surface area contributed by atoms with Gasteiger partial charge in [-0.1, -0.05) is 6.58 Å². The van der Waals surface area contributed by atoms with Crippen LogP contribution < -0.4 is 10.6 Å². The predicted molar refractivity (Wildman–Crippen MR) is 101 cm³/mol. The molecule has 10 nitrogen and oxygen atoms in total. The molecule has 0 aliphatic heterocycles. The van der Waals surface area contributed by atoms with Gasteiger partial charge in [-0.15, -0.1) is 0 Å². The summed E-state index contributed by atoms with van der Waals surface area (Å²) in [5, 5.41) is 15.2. The maximum Gasteiger partial charge on any atom is 0.408 e. The van der Waals surface area contributed by atoms with Crippen molar-refractivity contribution in [3.63, 3.8) is 0 Å². The Labute approximate surface area is 170 Å². The second-order valence-electron chi connectivity index (χ2n) is 8.10. The maximum absolute atomic E-state index is 12.7. The smallest absolute Gasteiger partial charge is 0.408 e. The van der Waals surface area contributed by atoms with E-state index in [0.717, 1.165) is 6.26 Å². The number of ether oxygens (including phenoxy) is 3. The molecule has 0 spiro atoms. The van der Waals surface area contributed by atoms with E-state index in [9.17, 15) is 24.3 Å². The first kappa shape index (κ1) is 22.7. The summed E-state index contributed by atoms with van der Waals surface area (Å²) in [6.07, 6.45) is -0.915. The number of amides is 2. The molecule has 0 aromatic rings.